The predicted octanol–water partition coefficient (Wildman–Crippen LogP) is 2.85. The average Bonchev–Trinajstić information content (AvgIpc) is 3.05. The molecule has 1 heterocycles. The molecule has 30 heavy (non-hydrogen) atoms. The Bertz CT molecular complexity index is 1160. The SMILES string of the molecule is CCOc1ccc(CC(=O)N=c2sc3cc([N+](=O)[O-])ccc3n2CC(=O)OC)cc1. The second-order valence-electron chi connectivity index (χ2n) is 6.22. The summed E-state index contributed by atoms with van der Waals surface area (Å²) >= 11 is 1.10. The summed E-state index contributed by atoms with van der Waals surface area (Å²) in [6, 6.07) is 11.4. The predicted molar refractivity (Wildman–Crippen MR) is 110 cm³/mol. The van der Waals surface area contributed by atoms with E-state index in [0.717, 1.165) is 16.9 Å². The van der Waals surface area contributed by atoms with Crippen LogP contribution in [0.15, 0.2) is 47.5 Å². The summed E-state index contributed by atoms with van der Waals surface area (Å²) in [4.78, 5) is 39.3. The van der Waals surface area contributed by atoms with E-state index in [4.69, 9.17) is 9.47 Å². The van der Waals surface area contributed by atoms with Crippen molar-refractivity contribution in [2.75, 3.05) is 13.7 Å². The maximum atomic E-state index is 12.5. The Morgan fingerprint density at radius 2 is 1.93 bits per heavy atom. The Morgan fingerprint density at radius 3 is 2.57 bits per heavy atom. The minimum absolute atomic E-state index is 0.0685. The molecule has 0 fully saturated rings. The minimum atomic E-state index is -0.520. The van der Waals surface area contributed by atoms with Crippen molar-refractivity contribution in [3.8, 4) is 5.75 Å². The number of nitro benzene ring substituents is 1. The first-order valence-electron chi connectivity index (χ1n) is 9.05. The summed E-state index contributed by atoms with van der Waals surface area (Å²) < 4.78 is 12.2. The number of aromatic nitrogens is 1. The molecule has 0 saturated carbocycles. The zero-order valence-corrected chi connectivity index (χ0v) is 17.2. The van der Waals surface area contributed by atoms with Crippen LogP contribution in [0.1, 0.15) is 12.5 Å². The van der Waals surface area contributed by atoms with E-state index in [2.05, 4.69) is 4.99 Å². The van der Waals surface area contributed by atoms with Gasteiger partial charge in [0.05, 0.1) is 35.3 Å². The quantitative estimate of drug-likeness (QED) is 0.324. The number of esters is 1. The van der Waals surface area contributed by atoms with Crippen LogP contribution in [0.3, 0.4) is 0 Å². The lowest BCUT2D eigenvalue weighted by Gasteiger charge is -2.04. The van der Waals surface area contributed by atoms with Crippen molar-refractivity contribution in [3.63, 3.8) is 0 Å². The molecule has 3 rings (SSSR count). The number of nitrogens with zero attached hydrogens (tertiary/aromatic N) is 3. The molecule has 0 saturated heterocycles. The third-order valence-corrected chi connectivity index (χ3v) is 5.24. The first-order chi connectivity index (χ1) is 14.4. The van der Waals surface area contributed by atoms with Crippen molar-refractivity contribution in [2.45, 2.75) is 19.9 Å². The molecule has 156 valence electrons. The lowest BCUT2D eigenvalue weighted by atomic mass is 10.1. The molecule has 0 N–H and O–H groups in total. The maximum absolute atomic E-state index is 12.5. The van der Waals surface area contributed by atoms with Crippen LogP contribution in [-0.4, -0.2) is 35.1 Å². The van der Waals surface area contributed by atoms with Crippen molar-refractivity contribution in [1.29, 1.82) is 0 Å². The number of rotatable bonds is 7. The Hall–Kier alpha value is -3.53. The summed E-state index contributed by atoms with van der Waals surface area (Å²) in [5, 5.41) is 11.0. The monoisotopic (exact) mass is 429 g/mol. The van der Waals surface area contributed by atoms with Crippen molar-refractivity contribution < 1.29 is 24.0 Å². The van der Waals surface area contributed by atoms with Gasteiger partial charge in [-0.3, -0.25) is 19.7 Å². The van der Waals surface area contributed by atoms with Crippen LogP contribution in [0, 0.1) is 10.1 Å². The van der Waals surface area contributed by atoms with E-state index in [-0.39, 0.29) is 23.5 Å². The summed E-state index contributed by atoms with van der Waals surface area (Å²) in [7, 11) is 1.26. The Labute approximate surface area is 175 Å². The molecule has 3 aromatic rings. The minimum Gasteiger partial charge on any atom is -0.494 e. The molecule has 0 atom stereocenters. The van der Waals surface area contributed by atoms with Gasteiger partial charge in [-0.1, -0.05) is 23.5 Å². The number of non-ortho nitro benzene ring substituents is 1. The highest BCUT2D eigenvalue weighted by Crippen LogP contribution is 2.23. The van der Waals surface area contributed by atoms with E-state index in [1.54, 1.807) is 24.3 Å². The molecule has 0 radical (unpaired) electrons. The number of ether oxygens (including phenoxy) is 2. The zero-order chi connectivity index (χ0) is 21.7. The number of carbonyl (C=O) groups is 2. The van der Waals surface area contributed by atoms with E-state index in [1.807, 2.05) is 6.92 Å². The van der Waals surface area contributed by atoms with Gasteiger partial charge >= 0.3 is 5.97 Å². The topological polar surface area (TPSA) is 113 Å². The van der Waals surface area contributed by atoms with E-state index in [1.165, 1.54) is 29.9 Å². The van der Waals surface area contributed by atoms with Gasteiger partial charge in [-0.05, 0) is 30.7 Å². The lowest BCUT2D eigenvalue weighted by Crippen LogP contribution is -2.22. The molecule has 0 bridgehead atoms. The number of nitro groups is 1. The smallest absolute Gasteiger partial charge is 0.325 e. The van der Waals surface area contributed by atoms with Crippen LogP contribution in [0.4, 0.5) is 5.69 Å². The summed E-state index contributed by atoms with van der Waals surface area (Å²) in [6.07, 6.45) is 0.0685. The number of amides is 1. The van der Waals surface area contributed by atoms with Crippen LogP contribution in [0.2, 0.25) is 0 Å². The van der Waals surface area contributed by atoms with Gasteiger partial charge in [0.25, 0.3) is 11.6 Å². The van der Waals surface area contributed by atoms with Gasteiger partial charge < -0.3 is 14.0 Å². The van der Waals surface area contributed by atoms with Crippen LogP contribution in [0.25, 0.3) is 10.2 Å². The molecule has 0 aliphatic rings. The van der Waals surface area contributed by atoms with Gasteiger partial charge in [0, 0.05) is 12.1 Å². The van der Waals surface area contributed by atoms with Crippen LogP contribution in [0.5, 0.6) is 5.75 Å². The highest BCUT2D eigenvalue weighted by atomic mass is 32.1. The summed E-state index contributed by atoms with van der Waals surface area (Å²) in [5.41, 5.74) is 1.24. The molecular formula is C20H19N3O6S. The molecule has 1 amide bonds. The van der Waals surface area contributed by atoms with Crippen molar-refractivity contribution >= 4 is 39.1 Å². The fraction of sp³-hybridized carbons (Fsp3) is 0.250. The lowest BCUT2D eigenvalue weighted by molar-refractivity contribution is -0.384. The first kappa shape index (κ1) is 21.2. The zero-order valence-electron chi connectivity index (χ0n) is 16.4. The van der Waals surface area contributed by atoms with E-state index in [0.29, 0.717) is 22.6 Å². The van der Waals surface area contributed by atoms with Crippen molar-refractivity contribution in [2.24, 2.45) is 4.99 Å². The average molecular weight is 429 g/mol. The fourth-order valence-electron chi connectivity index (χ4n) is 2.80. The largest absolute Gasteiger partial charge is 0.494 e. The van der Waals surface area contributed by atoms with Gasteiger partial charge in [-0.25, -0.2) is 0 Å². The third kappa shape index (κ3) is 4.90. The Morgan fingerprint density at radius 1 is 1.20 bits per heavy atom. The fourth-order valence-corrected chi connectivity index (χ4v) is 3.88. The second kappa shape index (κ2) is 9.31. The standard InChI is InChI=1S/C20H19N3O6S/c1-3-29-15-7-4-13(5-8-15)10-18(24)21-20-22(12-19(25)28-2)16-9-6-14(23(26)27)11-17(16)30-20/h4-9,11H,3,10,12H2,1-2H3. The first-order valence-corrected chi connectivity index (χ1v) is 9.86. The van der Waals surface area contributed by atoms with Crippen LogP contribution in [-0.2, 0) is 27.3 Å². The van der Waals surface area contributed by atoms with Gasteiger partial charge in [-0.15, -0.1) is 0 Å². The highest BCUT2D eigenvalue weighted by molar-refractivity contribution is 7.16. The molecule has 0 unspecified atom stereocenters. The number of thiazole rings is 1. The molecule has 9 nitrogen and oxygen atoms in total. The number of fused-ring (bicyclic) bond motifs is 1. The number of benzene rings is 2. The normalized spacial score (nSPS) is 11.5. The molecule has 2 aromatic carbocycles. The Kier molecular flexibility index (Phi) is 6.58. The number of hydrogen-bond donors (Lipinski definition) is 0. The van der Waals surface area contributed by atoms with Gasteiger partial charge in [0.15, 0.2) is 4.80 Å². The highest BCUT2D eigenvalue weighted by Gasteiger charge is 2.15. The van der Waals surface area contributed by atoms with Crippen molar-refractivity contribution in [3.05, 3.63) is 62.9 Å². The molecule has 1 aromatic heterocycles. The summed E-state index contributed by atoms with van der Waals surface area (Å²) in [5.74, 6) is -0.208. The van der Waals surface area contributed by atoms with Crippen molar-refractivity contribution in [1.82, 2.24) is 4.57 Å². The molecule has 0 aliphatic heterocycles. The van der Waals surface area contributed by atoms with Gasteiger partial charge in [0.1, 0.15) is 12.3 Å². The number of hydrogen-bond acceptors (Lipinski definition) is 7. The third-order valence-electron chi connectivity index (χ3n) is 4.20. The molecular weight excluding hydrogens is 410 g/mol. The van der Waals surface area contributed by atoms with Gasteiger partial charge in [-0.2, -0.15) is 4.99 Å². The Balaban J connectivity index is 1.96. The maximum Gasteiger partial charge on any atom is 0.325 e. The van der Waals surface area contributed by atoms with E-state index < -0.39 is 16.8 Å². The molecule has 0 aliphatic carbocycles. The molecule has 0 spiro atoms. The number of methoxy groups -OCH3 is 1. The second-order valence-corrected chi connectivity index (χ2v) is 7.22. The summed E-state index contributed by atoms with van der Waals surface area (Å²) in [6.45, 7) is 2.28. The van der Waals surface area contributed by atoms with E-state index in [9.17, 15) is 19.7 Å². The molecule has 10 heteroatoms. The van der Waals surface area contributed by atoms with Crippen LogP contribution >= 0.6 is 11.3 Å². The van der Waals surface area contributed by atoms with E-state index >= 15 is 0 Å². The van der Waals surface area contributed by atoms with Gasteiger partial charge in [0.2, 0.25) is 0 Å². The number of carbonyl (C=O) groups excluding carboxylic acids is 2. The van der Waals surface area contributed by atoms with Crippen LogP contribution < -0.4 is 9.54 Å².